The summed E-state index contributed by atoms with van der Waals surface area (Å²) >= 11 is 5.98. The van der Waals surface area contributed by atoms with Crippen LogP contribution in [0.5, 0.6) is 0 Å². The molecule has 0 aromatic carbocycles. The number of hydrogen-bond acceptors (Lipinski definition) is 4. The van der Waals surface area contributed by atoms with Crippen LogP contribution >= 0.6 is 11.6 Å². The summed E-state index contributed by atoms with van der Waals surface area (Å²) in [6.45, 7) is 2.95. The number of pyridine rings is 3. The van der Waals surface area contributed by atoms with Gasteiger partial charge in [-0.05, 0) is 37.3 Å². The molecule has 0 unspecified atom stereocenters. The molecule has 0 aliphatic rings. The van der Waals surface area contributed by atoms with Crippen LogP contribution in [0.3, 0.4) is 0 Å². The van der Waals surface area contributed by atoms with Crippen molar-refractivity contribution in [3.63, 3.8) is 0 Å². The normalized spacial score (nSPS) is 11.7. The SMILES string of the molecule is CC[NH2+]C=C(C(=N)c1ccncc1)c1cnc2ccc(Cl)nc2c1. The van der Waals surface area contributed by atoms with Gasteiger partial charge in [-0.2, -0.15) is 0 Å². The van der Waals surface area contributed by atoms with E-state index < -0.39 is 0 Å². The van der Waals surface area contributed by atoms with Gasteiger partial charge in [0, 0.05) is 29.7 Å². The molecule has 3 N–H and O–H groups in total. The average Bonchev–Trinajstić information content (AvgIpc) is 2.62. The molecule has 3 heterocycles. The molecule has 5 nitrogen and oxygen atoms in total. The van der Waals surface area contributed by atoms with Gasteiger partial charge in [-0.1, -0.05) is 11.6 Å². The zero-order valence-corrected chi connectivity index (χ0v) is 14.0. The van der Waals surface area contributed by atoms with Gasteiger partial charge in [-0.25, -0.2) is 4.98 Å². The molecule has 0 saturated carbocycles. The number of hydrogen-bond donors (Lipinski definition) is 2. The second-order valence-electron chi connectivity index (χ2n) is 5.23. The molecule has 0 spiro atoms. The molecule has 3 aromatic rings. The topological polar surface area (TPSA) is 79.1 Å². The lowest BCUT2D eigenvalue weighted by Gasteiger charge is -2.09. The number of fused-ring (bicyclic) bond motifs is 1. The lowest BCUT2D eigenvalue weighted by Crippen LogP contribution is -2.77. The number of halogens is 1. The molecule has 3 aromatic heterocycles. The third-order valence-electron chi connectivity index (χ3n) is 3.57. The van der Waals surface area contributed by atoms with E-state index in [1.165, 1.54) is 0 Å². The van der Waals surface area contributed by atoms with Crippen molar-refractivity contribution in [2.24, 2.45) is 0 Å². The van der Waals surface area contributed by atoms with E-state index in [2.05, 4.69) is 21.9 Å². The van der Waals surface area contributed by atoms with Crippen LogP contribution in [-0.4, -0.2) is 27.2 Å². The monoisotopic (exact) mass is 338 g/mol. The number of allylic oxidation sites excluding steroid dienone is 1. The first-order chi connectivity index (χ1) is 11.7. The molecule has 0 aliphatic carbocycles. The number of nitrogens with two attached hydrogens (primary N) is 1. The number of aromatic nitrogens is 3. The third kappa shape index (κ3) is 3.48. The molecule has 24 heavy (non-hydrogen) atoms. The van der Waals surface area contributed by atoms with E-state index in [1.807, 2.05) is 35.8 Å². The van der Waals surface area contributed by atoms with E-state index in [-0.39, 0.29) is 0 Å². The Morgan fingerprint density at radius 3 is 2.71 bits per heavy atom. The van der Waals surface area contributed by atoms with Gasteiger partial charge in [0.1, 0.15) is 11.4 Å². The highest BCUT2D eigenvalue weighted by Crippen LogP contribution is 2.22. The van der Waals surface area contributed by atoms with Gasteiger partial charge in [0.2, 0.25) is 0 Å². The van der Waals surface area contributed by atoms with Crippen molar-refractivity contribution in [2.75, 3.05) is 6.54 Å². The molecule has 120 valence electrons. The quantitative estimate of drug-likeness (QED) is 0.554. The van der Waals surface area contributed by atoms with Crippen molar-refractivity contribution in [3.8, 4) is 0 Å². The van der Waals surface area contributed by atoms with E-state index in [4.69, 9.17) is 17.0 Å². The number of nitrogens with one attached hydrogen (secondary N) is 1. The highest BCUT2D eigenvalue weighted by atomic mass is 35.5. The molecule has 0 radical (unpaired) electrons. The molecule has 0 aliphatic heterocycles. The van der Waals surface area contributed by atoms with E-state index in [9.17, 15) is 0 Å². The predicted molar refractivity (Wildman–Crippen MR) is 96.1 cm³/mol. The minimum absolute atomic E-state index is 0.422. The van der Waals surface area contributed by atoms with Gasteiger partial charge < -0.3 is 5.32 Å². The summed E-state index contributed by atoms with van der Waals surface area (Å²) in [5, 5.41) is 11.0. The fourth-order valence-corrected chi connectivity index (χ4v) is 2.52. The highest BCUT2D eigenvalue weighted by Gasteiger charge is 2.14. The fourth-order valence-electron chi connectivity index (χ4n) is 2.36. The van der Waals surface area contributed by atoms with Crippen molar-refractivity contribution in [1.29, 1.82) is 5.41 Å². The number of nitrogens with zero attached hydrogens (tertiary/aromatic N) is 3. The second kappa shape index (κ2) is 7.29. The maximum atomic E-state index is 8.56. The number of quaternary nitrogens is 1. The van der Waals surface area contributed by atoms with E-state index >= 15 is 0 Å². The Hall–Kier alpha value is -2.63. The maximum Gasteiger partial charge on any atom is 0.129 e. The molecular formula is C18H17ClN5+. The van der Waals surface area contributed by atoms with Crippen LogP contribution in [-0.2, 0) is 0 Å². The first-order valence-corrected chi connectivity index (χ1v) is 8.02. The predicted octanol–water partition coefficient (Wildman–Crippen LogP) is 2.67. The molecule has 0 bridgehead atoms. The highest BCUT2D eigenvalue weighted by molar-refractivity contribution is 6.30. The summed E-state index contributed by atoms with van der Waals surface area (Å²) in [6.07, 6.45) is 7.09. The minimum Gasteiger partial charge on any atom is -0.320 e. The molecule has 0 atom stereocenters. The Morgan fingerprint density at radius 2 is 1.96 bits per heavy atom. The largest absolute Gasteiger partial charge is 0.320 e. The second-order valence-corrected chi connectivity index (χ2v) is 5.62. The zero-order valence-electron chi connectivity index (χ0n) is 13.2. The third-order valence-corrected chi connectivity index (χ3v) is 3.78. The fraction of sp³-hybridized carbons (Fsp3) is 0.111. The smallest absolute Gasteiger partial charge is 0.129 e. The van der Waals surface area contributed by atoms with Crippen molar-refractivity contribution in [1.82, 2.24) is 15.0 Å². The van der Waals surface area contributed by atoms with Crippen molar-refractivity contribution >= 4 is 33.9 Å². The Bertz CT molecular complexity index is 906. The molecule has 3 rings (SSSR count). The zero-order chi connectivity index (χ0) is 16.9. The Balaban J connectivity index is 2.07. The van der Waals surface area contributed by atoms with E-state index in [0.717, 1.165) is 28.8 Å². The van der Waals surface area contributed by atoms with Crippen LogP contribution in [0, 0.1) is 5.41 Å². The maximum absolute atomic E-state index is 8.56. The first-order valence-electron chi connectivity index (χ1n) is 7.64. The Morgan fingerprint density at radius 1 is 1.17 bits per heavy atom. The number of rotatable bonds is 5. The summed E-state index contributed by atoms with van der Waals surface area (Å²) in [7, 11) is 0. The van der Waals surface area contributed by atoms with Crippen LogP contribution in [0.15, 0.2) is 55.1 Å². The summed E-state index contributed by atoms with van der Waals surface area (Å²) in [5.41, 5.74) is 4.34. The van der Waals surface area contributed by atoms with Crippen LogP contribution < -0.4 is 5.32 Å². The van der Waals surface area contributed by atoms with Crippen LogP contribution in [0.2, 0.25) is 5.15 Å². The van der Waals surface area contributed by atoms with Gasteiger partial charge in [0.25, 0.3) is 0 Å². The Labute approximate surface area is 145 Å². The van der Waals surface area contributed by atoms with Gasteiger partial charge in [-0.3, -0.25) is 15.4 Å². The molecule has 0 saturated heterocycles. The van der Waals surface area contributed by atoms with Gasteiger partial charge in [0.15, 0.2) is 0 Å². The summed E-state index contributed by atoms with van der Waals surface area (Å²) in [5.74, 6) is 0. The van der Waals surface area contributed by atoms with Crippen LogP contribution in [0.4, 0.5) is 0 Å². The van der Waals surface area contributed by atoms with Gasteiger partial charge in [0.05, 0.1) is 28.9 Å². The average molecular weight is 339 g/mol. The Kier molecular flexibility index (Phi) is 4.93. The first kappa shape index (κ1) is 16.2. The van der Waals surface area contributed by atoms with Gasteiger partial charge >= 0.3 is 0 Å². The van der Waals surface area contributed by atoms with Crippen molar-refractivity contribution in [3.05, 3.63) is 71.4 Å². The summed E-state index contributed by atoms with van der Waals surface area (Å²) < 4.78 is 0. The van der Waals surface area contributed by atoms with Gasteiger partial charge in [-0.15, -0.1) is 0 Å². The lowest BCUT2D eigenvalue weighted by molar-refractivity contribution is -0.583. The van der Waals surface area contributed by atoms with Crippen molar-refractivity contribution < 1.29 is 5.32 Å². The minimum atomic E-state index is 0.422. The van der Waals surface area contributed by atoms with E-state index in [0.29, 0.717) is 16.4 Å². The summed E-state index contributed by atoms with van der Waals surface area (Å²) in [6, 6.07) is 9.12. The van der Waals surface area contributed by atoms with Crippen LogP contribution in [0.1, 0.15) is 18.1 Å². The van der Waals surface area contributed by atoms with E-state index in [1.54, 1.807) is 24.7 Å². The lowest BCUT2D eigenvalue weighted by atomic mass is 9.98. The van der Waals surface area contributed by atoms with Crippen LogP contribution in [0.25, 0.3) is 16.6 Å². The molecular weight excluding hydrogens is 322 g/mol. The molecule has 0 fully saturated rings. The standard InChI is InChI=1S/C18H16ClN5/c1-2-21-11-14(18(20)12-5-7-22-8-6-12)13-9-16-15(23-10-13)3-4-17(19)24-16/h3-11,20-21H,2H2,1H3/p+1. The van der Waals surface area contributed by atoms with Crippen molar-refractivity contribution in [2.45, 2.75) is 6.92 Å². The molecule has 6 heteroatoms. The molecule has 0 amide bonds. The summed E-state index contributed by atoms with van der Waals surface area (Å²) in [4.78, 5) is 12.8.